The standard InChI is InChI=1S/C18H20N2O2/c1-3-11-22-17-10-5-4-9-16(17)18(21)20-19-13-15-8-6-7-14(2)12-15/h4-10,12-13H,3,11H2,1-2H3,(H,20,21)/b19-13+. The van der Waals surface area contributed by atoms with Crippen LogP contribution in [0.5, 0.6) is 5.75 Å². The topological polar surface area (TPSA) is 50.7 Å². The van der Waals surface area contributed by atoms with Gasteiger partial charge in [-0.2, -0.15) is 5.10 Å². The van der Waals surface area contributed by atoms with Gasteiger partial charge >= 0.3 is 0 Å². The normalized spacial score (nSPS) is 10.6. The van der Waals surface area contributed by atoms with Crippen LogP contribution in [0.4, 0.5) is 0 Å². The third-order valence-corrected chi connectivity index (χ3v) is 3.02. The second-order valence-electron chi connectivity index (χ2n) is 4.96. The van der Waals surface area contributed by atoms with E-state index >= 15 is 0 Å². The van der Waals surface area contributed by atoms with Crippen LogP contribution in [0.15, 0.2) is 53.6 Å². The van der Waals surface area contributed by atoms with Gasteiger partial charge in [0.1, 0.15) is 5.75 Å². The van der Waals surface area contributed by atoms with E-state index in [9.17, 15) is 4.79 Å². The van der Waals surface area contributed by atoms with Crippen LogP contribution in [-0.4, -0.2) is 18.7 Å². The summed E-state index contributed by atoms with van der Waals surface area (Å²) in [6.07, 6.45) is 2.52. The van der Waals surface area contributed by atoms with Gasteiger partial charge in [-0.3, -0.25) is 4.79 Å². The van der Waals surface area contributed by atoms with Crippen molar-refractivity contribution in [3.05, 3.63) is 65.2 Å². The Kier molecular flexibility index (Phi) is 5.72. The summed E-state index contributed by atoms with van der Waals surface area (Å²) in [5.41, 5.74) is 5.11. The second kappa shape index (κ2) is 7.98. The molecule has 22 heavy (non-hydrogen) atoms. The highest BCUT2D eigenvalue weighted by Crippen LogP contribution is 2.17. The predicted octanol–water partition coefficient (Wildman–Crippen LogP) is 3.55. The Balaban J connectivity index is 2.03. The van der Waals surface area contributed by atoms with Crippen LogP contribution in [0, 0.1) is 6.92 Å². The smallest absolute Gasteiger partial charge is 0.275 e. The number of ether oxygens (including phenoxy) is 1. The molecule has 0 aliphatic rings. The van der Waals surface area contributed by atoms with E-state index < -0.39 is 0 Å². The van der Waals surface area contributed by atoms with Crippen molar-refractivity contribution in [2.45, 2.75) is 20.3 Å². The first-order valence-corrected chi connectivity index (χ1v) is 7.32. The molecule has 4 nitrogen and oxygen atoms in total. The predicted molar refractivity (Wildman–Crippen MR) is 88.5 cm³/mol. The number of hydrazone groups is 1. The molecular formula is C18H20N2O2. The van der Waals surface area contributed by atoms with Gasteiger partial charge in [-0.25, -0.2) is 5.43 Å². The molecule has 0 spiro atoms. The molecule has 0 saturated carbocycles. The first-order chi connectivity index (χ1) is 10.7. The first-order valence-electron chi connectivity index (χ1n) is 7.32. The van der Waals surface area contributed by atoms with Crippen molar-refractivity contribution in [2.75, 3.05) is 6.61 Å². The van der Waals surface area contributed by atoms with Gasteiger partial charge in [0.25, 0.3) is 5.91 Å². The Morgan fingerprint density at radius 2 is 2.05 bits per heavy atom. The molecule has 0 saturated heterocycles. The quantitative estimate of drug-likeness (QED) is 0.654. The van der Waals surface area contributed by atoms with Crippen molar-refractivity contribution < 1.29 is 9.53 Å². The highest BCUT2D eigenvalue weighted by Gasteiger charge is 2.10. The summed E-state index contributed by atoms with van der Waals surface area (Å²) in [6, 6.07) is 15.0. The Morgan fingerprint density at radius 1 is 1.23 bits per heavy atom. The van der Waals surface area contributed by atoms with Crippen LogP contribution in [0.2, 0.25) is 0 Å². The maximum Gasteiger partial charge on any atom is 0.275 e. The molecule has 1 amide bonds. The fraction of sp³-hybridized carbons (Fsp3) is 0.222. The number of benzene rings is 2. The monoisotopic (exact) mass is 296 g/mol. The number of hydrogen-bond donors (Lipinski definition) is 1. The summed E-state index contributed by atoms with van der Waals surface area (Å²) in [6.45, 7) is 4.61. The largest absolute Gasteiger partial charge is 0.493 e. The van der Waals surface area contributed by atoms with Crippen molar-refractivity contribution in [2.24, 2.45) is 5.10 Å². The molecule has 0 atom stereocenters. The summed E-state index contributed by atoms with van der Waals surface area (Å²) in [5.74, 6) is 0.295. The van der Waals surface area contributed by atoms with E-state index in [2.05, 4.69) is 10.5 Å². The van der Waals surface area contributed by atoms with Crippen LogP contribution in [0.1, 0.15) is 34.8 Å². The highest BCUT2D eigenvalue weighted by atomic mass is 16.5. The van der Waals surface area contributed by atoms with E-state index in [1.165, 1.54) is 0 Å². The van der Waals surface area contributed by atoms with Gasteiger partial charge < -0.3 is 4.74 Å². The lowest BCUT2D eigenvalue weighted by Crippen LogP contribution is -2.18. The molecule has 0 bridgehead atoms. The number of carbonyl (C=O) groups excluding carboxylic acids is 1. The average molecular weight is 296 g/mol. The lowest BCUT2D eigenvalue weighted by atomic mass is 10.2. The molecule has 0 heterocycles. The summed E-state index contributed by atoms with van der Waals surface area (Å²) >= 11 is 0. The molecule has 0 aliphatic heterocycles. The van der Waals surface area contributed by atoms with Gasteiger partial charge in [-0.15, -0.1) is 0 Å². The Morgan fingerprint density at radius 3 is 2.82 bits per heavy atom. The van der Waals surface area contributed by atoms with E-state index in [4.69, 9.17) is 4.74 Å². The van der Waals surface area contributed by atoms with Gasteiger partial charge in [0.2, 0.25) is 0 Å². The number of aryl methyl sites for hydroxylation is 1. The van der Waals surface area contributed by atoms with E-state index in [-0.39, 0.29) is 5.91 Å². The van der Waals surface area contributed by atoms with E-state index in [1.807, 2.05) is 44.2 Å². The minimum Gasteiger partial charge on any atom is -0.493 e. The van der Waals surface area contributed by atoms with Crippen molar-refractivity contribution in [3.63, 3.8) is 0 Å². The highest BCUT2D eigenvalue weighted by molar-refractivity contribution is 5.97. The van der Waals surface area contributed by atoms with Crippen molar-refractivity contribution in [1.82, 2.24) is 5.43 Å². The number of nitrogens with zero attached hydrogens (tertiary/aromatic N) is 1. The average Bonchev–Trinajstić information content (AvgIpc) is 2.53. The summed E-state index contributed by atoms with van der Waals surface area (Å²) in [4.78, 5) is 12.2. The minimum atomic E-state index is -0.282. The van der Waals surface area contributed by atoms with Crippen LogP contribution >= 0.6 is 0 Å². The molecule has 4 heteroatoms. The third-order valence-electron chi connectivity index (χ3n) is 3.02. The van der Waals surface area contributed by atoms with Gasteiger partial charge in [0, 0.05) is 0 Å². The lowest BCUT2D eigenvalue weighted by molar-refractivity contribution is 0.0951. The van der Waals surface area contributed by atoms with Crippen LogP contribution in [-0.2, 0) is 0 Å². The lowest BCUT2D eigenvalue weighted by Gasteiger charge is -2.09. The number of nitrogens with one attached hydrogen (secondary N) is 1. The molecule has 0 radical (unpaired) electrons. The zero-order valence-electron chi connectivity index (χ0n) is 12.9. The molecule has 0 unspecified atom stereocenters. The van der Waals surface area contributed by atoms with E-state index in [1.54, 1.807) is 24.4 Å². The molecule has 0 aromatic heterocycles. The van der Waals surface area contributed by atoms with Gasteiger partial charge in [0.15, 0.2) is 0 Å². The van der Waals surface area contributed by atoms with E-state index in [0.29, 0.717) is 17.9 Å². The van der Waals surface area contributed by atoms with Gasteiger partial charge in [-0.1, -0.05) is 48.9 Å². The van der Waals surface area contributed by atoms with Crippen LogP contribution in [0.25, 0.3) is 0 Å². The van der Waals surface area contributed by atoms with Gasteiger partial charge in [-0.05, 0) is 31.0 Å². The van der Waals surface area contributed by atoms with Crippen LogP contribution < -0.4 is 10.2 Å². The number of para-hydroxylation sites is 1. The van der Waals surface area contributed by atoms with E-state index in [0.717, 1.165) is 17.5 Å². The molecule has 2 aromatic carbocycles. The SMILES string of the molecule is CCCOc1ccccc1C(=O)N/N=C/c1cccc(C)c1. The summed E-state index contributed by atoms with van der Waals surface area (Å²) in [5, 5.41) is 4.00. The fourth-order valence-corrected chi connectivity index (χ4v) is 1.97. The first kappa shape index (κ1) is 15.8. The van der Waals surface area contributed by atoms with Crippen molar-refractivity contribution in [1.29, 1.82) is 0 Å². The summed E-state index contributed by atoms with van der Waals surface area (Å²) < 4.78 is 5.58. The molecule has 114 valence electrons. The Labute approximate surface area is 130 Å². The Bertz CT molecular complexity index is 666. The molecule has 0 aliphatic carbocycles. The number of carbonyl (C=O) groups is 1. The maximum atomic E-state index is 12.2. The second-order valence-corrected chi connectivity index (χ2v) is 4.96. The molecule has 2 rings (SSSR count). The zero-order valence-corrected chi connectivity index (χ0v) is 12.9. The van der Waals surface area contributed by atoms with Crippen molar-refractivity contribution in [3.8, 4) is 5.75 Å². The van der Waals surface area contributed by atoms with Crippen molar-refractivity contribution >= 4 is 12.1 Å². The Hall–Kier alpha value is -2.62. The molecule has 0 fully saturated rings. The molecular weight excluding hydrogens is 276 g/mol. The third kappa shape index (κ3) is 4.45. The zero-order chi connectivity index (χ0) is 15.8. The molecule has 1 N–H and O–H groups in total. The van der Waals surface area contributed by atoms with Gasteiger partial charge in [0.05, 0.1) is 18.4 Å². The summed E-state index contributed by atoms with van der Waals surface area (Å²) in [7, 11) is 0. The number of rotatable bonds is 6. The number of amides is 1. The number of hydrogen-bond acceptors (Lipinski definition) is 3. The minimum absolute atomic E-state index is 0.282. The fourth-order valence-electron chi connectivity index (χ4n) is 1.97. The molecule has 2 aromatic rings. The van der Waals surface area contributed by atoms with Crippen LogP contribution in [0.3, 0.4) is 0 Å². The maximum absolute atomic E-state index is 12.2.